The Morgan fingerprint density at radius 1 is 0.909 bits per heavy atom. The van der Waals surface area contributed by atoms with Gasteiger partial charge in [-0.05, 0) is 19.4 Å². The predicted molar refractivity (Wildman–Crippen MR) is 84.7 cm³/mol. The van der Waals surface area contributed by atoms with Gasteiger partial charge in [0.2, 0.25) is 0 Å². The van der Waals surface area contributed by atoms with Gasteiger partial charge in [-0.1, -0.05) is 5.11 Å². The van der Waals surface area contributed by atoms with E-state index in [0.29, 0.717) is 26.2 Å². The molecule has 0 N–H and O–H groups in total. The van der Waals surface area contributed by atoms with Crippen LogP contribution in [0.5, 0.6) is 0 Å². The minimum Gasteiger partial charge on any atom is -0.301 e. The van der Waals surface area contributed by atoms with Gasteiger partial charge in [0.1, 0.15) is 11.6 Å². The number of carbonyl (C=O) groups is 2. The quantitative estimate of drug-likeness (QED) is 0.385. The van der Waals surface area contributed by atoms with Gasteiger partial charge in [0.25, 0.3) is 0 Å². The maximum atomic E-state index is 11.4. The van der Waals surface area contributed by atoms with Crippen molar-refractivity contribution < 1.29 is 9.59 Å². The number of nitrogens with zero attached hydrogens (tertiary/aromatic N) is 6. The van der Waals surface area contributed by atoms with Crippen molar-refractivity contribution in [3.8, 4) is 0 Å². The number of carbonyl (C=O) groups excluding carboxylic acids is 2. The minimum absolute atomic E-state index is 0.151. The van der Waals surface area contributed by atoms with E-state index in [1.54, 1.807) is 13.8 Å². The van der Waals surface area contributed by atoms with Crippen LogP contribution in [0, 0.1) is 0 Å². The molecule has 0 radical (unpaired) electrons. The van der Waals surface area contributed by atoms with Crippen molar-refractivity contribution in [2.45, 2.75) is 13.8 Å². The van der Waals surface area contributed by atoms with Crippen LogP contribution in [0.2, 0.25) is 0 Å². The molecule has 1 heterocycles. The van der Waals surface area contributed by atoms with Crippen molar-refractivity contribution in [3.63, 3.8) is 0 Å². The van der Waals surface area contributed by atoms with Crippen LogP contribution in [0.15, 0.2) is 5.11 Å². The van der Waals surface area contributed by atoms with Crippen LogP contribution in [-0.2, 0) is 9.59 Å². The number of azide groups is 1. The van der Waals surface area contributed by atoms with Crippen molar-refractivity contribution in [3.05, 3.63) is 10.4 Å². The summed E-state index contributed by atoms with van der Waals surface area (Å²) in [5.74, 6) is 0.302. The van der Waals surface area contributed by atoms with E-state index < -0.39 is 0 Å². The highest BCUT2D eigenvalue weighted by Gasteiger charge is 2.17. The first-order valence-corrected chi connectivity index (χ1v) is 7.68. The lowest BCUT2D eigenvalue weighted by Crippen LogP contribution is -2.39. The van der Waals surface area contributed by atoms with Gasteiger partial charge in [-0.15, -0.1) is 0 Å². The molecular weight excluding hydrogens is 284 g/mol. The number of hydrogen-bond acceptors (Lipinski definition) is 6. The molecule has 8 heteroatoms. The number of hydrogen-bond donors (Lipinski definition) is 0. The smallest absolute Gasteiger partial charge is 0.143 e. The first-order chi connectivity index (χ1) is 10.5. The van der Waals surface area contributed by atoms with Crippen LogP contribution < -0.4 is 0 Å². The van der Waals surface area contributed by atoms with Crippen molar-refractivity contribution in [2.75, 3.05) is 65.4 Å². The summed E-state index contributed by atoms with van der Waals surface area (Å²) in [6.07, 6.45) is 0. The van der Waals surface area contributed by atoms with Gasteiger partial charge in [-0.2, -0.15) is 0 Å². The molecule has 22 heavy (non-hydrogen) atoms. The highest BCUT2D eigenvalue weighted by molar-refractivity contribution is 5.78. The topological polar surface area (TPSA) is 92.6 Å². The lowest BCUT2D eigenvalue weighted by Gasteiger charge is -2.24. The molecule has 0 atom stereocenters. The molecule has 0 aromatic rings. The Balaban J connectivity index is 2.65. The van der Waals surface area contributed by atoms with Crippen LogP contribution in [0.4, 0.5) is 0 Å². The average Bonchev–Trinajstić information content (AvgIpc) is 2.52. The highest BCUT2D eigenvalue weighted by Crippen LogP contribution is 2.01. The van der Waals surface area contributed by atoms with E-state index in [0.717, 1.165) is 39.3 Å². The van der Waals surface area contributed by atoms with Crippen molar-refractivity contribution in [2.24, 2.45) is 5.11 Å². The molecule has 0 amide bonds. The summed E-state index contributed by atoms with van der Waals surface area (Å²) in [5, 5.41) is 3.58. The van der Waals surface area contributed by atoms with Gasteiger partial charge in [0.15, 0.2) is 0 Å². The maximum absolute atomic E-state index is 11.4. The molecule has 124 valence electrons. The summed E-state index contributed by atoms with van der Waals surface area (Å²) in [5.41, 5.74) is 8.37. The van der Waals surface area contributed by atoms with Gasteiger partial charge in [-0.25, -0.2) is 0 Å². The van der Waals surface area contributed by atoms with Gasteiger partial charge in [0.05, 0.1) is 13.1 Å². The molecule has 0 saturated carbocycles. The Morgan fingerprint density at radius 3 is 1.68 bits per heavy atom. The Morgan fingerprint density at radius 2 is 1.32 bits per heavy atom. The molecule has 0 aromatic carbocycles. The van der Waals surface area contributed by atoms with Gasteiger partial charge in [-0.3, -0.25) is 19.4 Å². The summed E-state index contributed by atoms with van der Waals surface area (Å²) in [4.78, 5) is 32.0. The molecule has 0 aliphatic carbocycles. The zero-order valence-corrected chi connectivity index (χ0v) is 13.6. The molecule has 0 spiro atoms. The minimum atomic E-state index is 0.151. The maximum Gasteiger partial charge on any atom is 0.143 e. The summed E-state index contributed by atoms with van der Waals surface area (Å²) < 4.78 is 0. The molecule has 1 saturated heterocycles. The first kappa shape index (κ1) is 18.6. The van der Waals surface area contributed by atoms with Crippen LogP contribution in [0.25, 0.3) is 10.4 Å². The lowest BCUT2D eigenvalue weighted by molar-refractivity contribution is -0.119. The molecule has 1 aliphatic heterocycles. The predicted octanol–water partition coefficient (Wildman–Crippen LogP) is 0.394. The van der Waals surface area contributed by atoms with E-state index >= 15 is 0 Å². The van der Waals surface area contributed by atoms with E-state index in [-0.39, 0.29) is 11.6 Å². The third-order valence-electron chi connectivity index (χ3n) is 3.67. The van der Waals surface area contributed by atoms with Gasteiger partial charge >= 0.3 is 0 Å². The third kappa shape index (κ3) is 8.09. The molecule has 1 fully saturated rings. The number of Topliss-reactive ketones (excluding diaryl/α,β-unsaturated/α-hetero) is 2. The molecule has 1 aliphatic rings. The lowest BCUT2D eigenvalue weighted by atomic mass is 10.3. The van der Waals surface area contributed by atoms with Crippen LogP contribution >= 0.6 is 0 Å². The van der Waals surface area contributed by atoms with E-state index in [1.165, 1.54) is 0 Å². The van der Waals surface area contributed by atoms with Crippen LogP contribution in [0.1, 0.15) is 13.8 Å². The van der Waals surface area contributed by atoms with E-state index in [4.69, 9.17) is 5.53 Å². The normalized spacial score (nSPS) is 18.8. The first-order valence-electron chi connectivity index (χ1n) is 7.68. The Bertz CT molecular complexity index is 394. The summed E-state index contributed by atoms with van der Waals surface area (Å²) in [7, 11) is 0. The largest absolute Gasteiger partial charge is 0.301 e. The van der Waals surface area contributed by atoms with E-state index in [9.17, 15) is 9.59 Å². The monoisotopic (exact) mass is 310 g/mol. The van der Waals surface area contributed by atoms with Gasteiger partial charge in [0, 0.05) is 57.3 Å². The van der Waals surface area contributed by atoms with E-state index in [2.05, 4.69) is 24.7 Å². The molecule has 0 bridgehead atoms. The molecule has 1 rings (SSSR count). The number of ketones is 2. The van der Waals surface area contributed by atoms with Crippen molar-refractivity contribution in [1.82, 2.24) is 14.7 Å². The fourth-order valence-electron chi connectivity index (χ4n) is 2.58. The van der Waals surface area contributed by atoms with E-state index in [1.807, 2.05) is 0 Å². The average molecular weight is 310 g/mol. The van der Waals surface area contributed by atoms with Crippen LogP contribution in [0.3, 0.4) is 0 Å². The highest BCUT2D eigenvalue weighted by atomic mass is 16.1. The van der Waals surface area contributed by atoms with Crippen molar-refractivity contribution in [1.29, 1.82) is 0 Å². The Labute approximate surface area is 131 Å². The standard InChI is InChI=1S/C14H26N6O2/c1-13(21)11-19-7-5-18(4-3-16-17-15)6-8-20(10-9-19)12-14(2)22/h3-12H2,1-2H3. The SMILES string of the molecule is CC(=O)CN1CCN(CCN=[N+]=[N-])CCN(CC(C)=O)CC1. The summed E-state index contributed by atoms with van der Waals surface area (Å²) in [6, 6.07) is 0. The molecular formula is C14H26N6O2. The summed E-state index contributed by atoms with van der Waals surface area (Å²) in [6.45, 7) is 10.1. The third-order valence-corrected chi connectivity index (χ3v) is 3.67. The Kier molecular flexibility index (Phi) is 8.69. The number of rotatable bonds is 7. The zero-order valence-electron chi connectivity index (χ0n) is 13.6. The second kappa shape index (κ2) is 10.3. The zero-order chi connectivity index (χ0) is 16.4. The fraction of sp³-hybridized carbons (Fsp3) is 0.857. The Hall–Kier alpha value is -1.47. The van der Waals surface area contributed by atoms with Gasteiger partial charge < -0.3 is 4.90 Å². The van der Waals surface area contributed by atoms with Crippen molar-refractivity contribution >= 4 is 11.6 Å². The van der Waals surface area contributed by atoms with Crippen LogP contribution in [-0.4, -0.2) is 91.7 Å². The second-order valence-electron chi connectivity index (χ2n) is 5.75. The second-order valence-corrected chi connectivity index (χ2v) is 5.75. The molecule has 8 nitrogen and oxygen atoms in total. The fourth-order valence-corrected chi connectivity index (χ4v) is 2.58. The molecule has 0 aromatic heterocycles. The molecule has 0 unspecified atom stereocenters. The summed E-state index contributed by atoms with van der Waals surface area (Å²) >= 11 is 0.